The first-order valence-electron chi connectivity index (χ1n) is 10.6. The Morgan fingerprint density at radius 2 is 1.03 bits per heavy atom. The Hall–Kier alpha value is 0.930. The second-order valence-electron chi connectivity index (χ2n) is 8.39. The van der Waals surface area contributed by atoms with Gasteiger partial charge in [0.1, 0.15) is 7.38 Å². The third-order valence-corrected chi connectivity index (χ3v) is 9.32. The Balaban J connectivity index is -0.000000115. The van der Waals surface area contributed by atoms with Gasteiger partial charge in [-0.15, -0.1) is 25.4 Å². The molecular formula is C24H48BrClMgSi2. The van der Waals surface area contributed by atoms with Crippen molar-refractivity contribution < 1.29 is 17.0 Å². The molecule has 0 unspecified atom stereocenters. The van der Waals surface area contributed by atoms with Crippen molar-refractivity contribution in [2.24, 2.45) is 0 Å². The van der Waals surface area contributed by atoms with Crippen molar-refractivity contribution in [1.82, 2.24) is 0 Å². The molecule has 0 aliphatic rings. The zero-order valence-corrected chi connectivity index (χ0v) is 25.8. The van der Waals surface area contributed by atoms with E-state index in [0.717, 1.165) is 0 Å². The molecule has 5 heteroatoms. The van der Waals surface area contributed by atoms with E-state index in [9.17, 15) is 0 Å². The van der Waals surface area contributed by atoms with Gasteiger partial charge in [0.2, 0.25) is 0 Å². The van der Waals surface area contributed by atoms with Gasteiger partial charge in [0, 0.05) is 0 Å². The van der Waals surface area contributed by atoms with Gasteiger partial charge in [0.15, 0.2) is 0 Å². The fourth-order valence-corrected chi connectivity index (χ4v) is 5.37. The number of allylic oxidation sites excluding steroid dienone is 2. The number of hydrogen-bond acceptors (Lipinski definition) is 0. The quantitative estimate of drug-likeness (QED) is 0.0758. The topological polar surface area (TPSA) is 0 Å². The molecule has 0 aromatic heterocycles. The Bertz CT molecular complexity index is 355. The maximum atomic E-state index is 6.20. The van der Waals surface area contributed by atoms with Crippen LogP contribution in [-0.4, -0.2) is 38.5 Å². The molecule has 0 radical (unpaired) electrons. The molecule has 0 spiro atoms. The van der Waals surface area contributed by atoms with Gasteiger partial charge in [-0.3, -0.25) is 6.58 Å². The van der Waals surface area contributed by atoms with Gasteiger partial charge in [-0.2, -0.15) is 11.1 Å². The summed E-state index contributed by atoms with van der Waals surface area (Å²) >= 11 is 6.20. The molecule has 0 saturated carbocycles. The first kappa shape index (κ1) is 40.3. The Kier molecular flexibility index (Phi) is 40.2. The Morgan fingerprint density at radius 3 is 1.34 bits per heavy atom. The van der Waals surface area contributed by atoms with E-state index >= 15 is 0 Å². The van der Waals surface area contributed by atoms with Crippen LogP contribution in [0.1, 0.15) is 64.2 Å². The van der Waals surface area contributed by atoms with Crippen LogP contribution in [0.2, 0.25) is 38.3 Å². The zero-order valence-electron chi connectivity index (χ0n) is 20.1. The first-order chi connectivity index (χ1) is 12.7. The Morgan fingerprint density at radius 1 is 0.690 bits per heavy atom. The van der Waals surface area contributed by atoms with Crippen molar-refractivity contribution >= 4 is 49.6 Å². The summed E-state index contributed by atoms with van der Waals surface area (Å²) in [6.07, 6.45) is 17.1. The number of rotatable bonds is 15. The molecule has 0 bridgehead atoms. The predicted molar refractivity (Wildman–Crippen MR) is 143 cm³/mol. The predicted octanol–water partition coefficient (Wildman–Crippen LogP) is 6.35. The van der Waals surface area contributed by atoms with Crippen molar-refractivity contribution in [3.8, 4) is 0 Å². The Labute approximate surface area is 218 Å². The van der Waals surface area contributed by atoms with Crippen LogP contribution in [0.25, 0.3) is 0 Å². The van der Waals surface area contributed by atoms with Crippen molar-refractivity contribution in [3.05, 3.63) is 50.7 Å². The fraction of sp³-hybridized carbons (Fsp3) is 0.667. The van der Waals surface area contributed by atoms with Crippen LogP contribution in [-0.2, 0) is 0 Å². The van der Waals surface area contributed by atoms with Crippen molar-refractivity contribution in [2.75, 3.05) is 0 Å². The van der Waals surface area contributed by atoms with Gasteiger partial charge in [0.05, 0.1) is 8.07 Å². The molecule has 0 heterocycles. The van der Waals surface area contributed by atoms with E-state index in [4.69, 9.17) is 11.1 Å². The third-order valence-electron chi connectivity index (χ3n) is 4.46. The second-order valence-corrected chi connectivity index (χ2v) is 20.3. The molecule has 0 atom stereocenters. The summed E-state index contributed by atoms with van der Waals surface area (Å²) in [6.45, 7) is 27.6. The molecule has 0 N–H and O–H groups in total. The SMILES string of the molecule is C=CCCCCCC[Si](C)(C)C=C.C=CCCCCCC[Si](C)(C)Cl.[Br-].[CH-]=C.[Mg+2]. The molecule has 29 heavy (non-hydrogen) atoms. The van der Waals surface area contributed by atoms with E-state index in [1.54, 1.807) is 0 Å². The minimum absolute atomic E-state index is 0. The first-order valence-corrected chi connectivity index (χ1v) is 18.1. The van der Waals surface area contributed by atoms with Gasteiger partial charge < -0.3 is 23.6 Å². The maximum absolute atomic E-state index is 6.20. The van der Waals surface area contributed by atoms with Gasteiger partial charge >= 0.3 is 23.1 Å². The third kappa shape index (κ3) is 43.6. The molecule has 0 saturated heterocycles. The van der Waals surface area contributed by atoms with Gasteiger partial charge in [-0.05, 0) is 31.7 Å². The average molecular weight is 532 g/mol. The van der Waals surface area contributed by atoms with Gasteiger partial charge in [-0.1, -0.05) is 82.9 Å². The van der Waals surface area contributed by atoms with E-state index in [0.29, 0.717) is 0 Å². The van der Waals surface area contributed by atoms with E-state index in [1.807, 2.05) is 12.2 Å². The summed E-state index contributed by atoms with van der Waals surface area (Å²) in [5, 5.41) is 0. The van der Waals surface area contributed by atoms with E-state index in [1.165, 1.54) is 76.3 Å². The van der Waals surface area contributed by atoms with Crippen LogP contribution in [0.4, 0.5) is 0 Å². The number of hydrogen-bond donors (Lipinski definition) is 0. The van der Waals surface area contributed by atoms with E-state index in [-0.39, 0.29) is 40.0 Å². The van der Waals surface area contributed by atoms with Crippen molar-refractivity contribution in [3.63, 3.8) is 0 Å². The van der Waals surface area contributed by atoms with Crippen molar-refractivity contribution in [1.29, 1.82) is 0 Å². The molecule has 0 aromatic carbocycles. The van der Waals surface area contributed by atoms with Gasteiger partial charge in [0.25, 0.3) is 0 Å². The minimum atomic E-state index is -1.27. The molecule has 0 amide bonds. The smallest absolute Gasteiger partial charge is 1.00 e. The molecule has 168 valence electrons. The molecule has 0 fully saturated rings. The van der Waals surface area contributed by atoms with Crippen molar-refractivity contribution in [2.45, 2.75) is 102 Å². The number of unbranched alkanes of at least 4 members (excludes halogenated alkanes) is 8. The molecule has 0 aliphatic carbocycles. The van der Waals surface area contributed by atoms with E-state index in [2.05, 4.69) is 64.8 Å². The summed E-state index contributed by atoms with van der Waals surface area (Å²) in [5.74, 6) is 0. The monoisotopic (exact) mass is 530 g/mol. The summed E-state index contributed by atoms with van der Waals surface area (Å²) in [4.78, 5) is 0. The van der Waals surface area contributed by atoms with Crippen LogP contribution < -0.4 is 17.0 Å². The van der Waals surface area contributed by atoms with Crippen LogP contribution in [0.3, 0.4) is 0 Å². The summed E-state index contributed by atoms with van der Waals surface area (Å²) in [7, 11) is -2.28. The van der Waals surface area contributed by atoms with Crippen LogP contribution in [0.5, 0.6) is 0 Å². The average Bonchev–Trinajstić information content (AvgIpc) is 2.62. The van der Waals surface area contributed by atoms with Gasteiger partial charge in [-0.25, -0.2) is 0 Å². The second kappa shape index (κ2) is 28.9. The van der Waals surface area contributed by atoms with E-state index < -0.39 is 15.5 Å². The fourth-order valence-electron chi connectivity index (χ4n) is 2.51. The largest absolute Gasteiger partial charge is 2.00 e. The minimum Gasteiger partial charge on any atom is -1.00 e. The van der Waals surface area contributed by atoms with Crippen LogP contribution in [0, 0.1) is 6.58 Å². The standard InChI is InChI=1S/C12H24Si.C10H21ClSi.C2H3.BrH.Mg/c1-5-7-8-9-10-11-12-13(3,4)6-2;1-4-5-6-7-8-9-10-12(2,3)11;1-2;;/h5-6H,1-2,7-12H2,3-4H3;4H,1,5-10H2,2-3H3;1H,2H2;1H;/q;;-1;;+2/p-1. The summed E-state index contributed by atoms with van der Waals surface area (Å²) < 4.78 is 0. The zero-order chi connectivity index (χ0) is 21.6. The summed E-state index contributed by atoms with van der Waals surface area (Å²) in [6, 6.07) is 2.67. The summed E-state index contributed by atoms with van der Waals surface area (Å²) in [5.41, 5.74) is 2.21. The normalized spacial score (nSPS) is 9.97. The molecule has 0 nitrogen and oxygen atoms in total. The molecular weight excluding hydrogens is 484 g/mol. The van der Waals surface area contributed by atoms with Crippen LogP contribution in [0.15, 0.2) is 44.2 Å². The molecule has 0 aliphatic heterocycles. The number of halogens is 2. The molecule has 0 aromatic rings. The van der Waals surface area contributed by atoms with Crippen LogP contribution >= 0.6 is 11.1 Å². The maximum Gasteiger partial charge on any atom is 2.00 e. The molecule has 0 rings (SSSR count).